The molecule has 1 aromatic heterocycles. The van der Waals surface area contributed by atoms with Gasteiger partial charge < -0.3 is 9.73 Å². The molecule has 0 atom stereocenters. The van der Waals surface area contributed by atoms with Crippen LogP contribution in [0.1, 0.15) is 45.3 Å². The van der Waals surface area contributed by atoms with Gasteiger partial charge in [-0.05, 0) is 25.0 Å². The highest BCUT2D eigenvalue weighted by atomic mass is 32.2. The summed E-state index contributed by atoms with van der Waals surface area (Å²) >= 11 is 0. The number of rotatable bonds is 5. The molecule has 2 heterocycles. The molecule has 0 amide bonds. The van der Waals surface area contributed by atoms with Gasteiger partial charge in [0.25, 0.3) is 10.0 Å². The zero-order chi connectivity index (χ0) is 14.6. The predicted molar refractivity (Wildman–Crippen MR) is 77.9 cm³/mol. The van der Waals surface area contributed by atoms with Crippen LogP contribution in [-0.2, 0) is 16.6 Å². The van der Waals surface area contributed by atoms with Crippen molar-refractivity contribution in [3.05, 3.63) is 17.9 Å². The Balaban J connectivity index is 2.08. The molecule has 1 fully saturated rings. The molecule has 1 saturated heterocycles. The van der Waals surface area contributed by atoms with E-state index in [1.165, 1.54) is 0 Å². The quantitative estimate of drug-likeness (QED) is 0.906. The second-order valence-electron chi connectivity index (χ2n) is 5.57. The molecule has 0 saturated carbocycles. The number of sulfonamides is 1. The molecule has 2 rings (SSSR count). The van der Waals surface area contributed by atoms with E-state index in [1.54, 1.807) is 16.4 Å². The summed E-state index contributed by atoms with van der Waals surface area (Å²) in [5, 5.41) is 3.28. The van der Waals surface area contributed by atoms with Gasteiger partial charge in [0.15, 0.2) is 0 Å². The molecule has 1 aliphatic rings. The number of hydrogen-bond donors (Lipinski definition) is 1. The van der Waals surface area contributed by atoms with Gasteiger partial charge in [-0.15, -0.1) is 0 Å². The first-order valence-electron chi connectivity index (χ1n) is 7.32. The third kappa shape index (κ3) is 3.84. The van der Waals surface area contributed by atoms with E-state index in [9.17, 15) is 8.42 Å². The van der Waals surface area contributed by atoms with Crippen molar-refractivity contribution in [3.63, 3.8) is 0 Å². The highest BCUT2D eigenvalue weighted by molar-refractivity contribution is 7.89. The topological polar surface area (TPSA) is 62.6 Å². The lowest BCUT2D eigenvalue weighted by atomic mass is 10.2. The third-order valence-corrected chi connectivity index (χ3v) is 5.25. The fraction of sp³-hybridized carbons (Fsp3) is 0.714. The van der Waals surface area contributed by atoms with E-state index in [0.29, 0.717) is 31.4 Å². The van der Waals surface area contributed by atoms with E-state index in [0.717, 1.165) is 25.7 Å². The molecule has 0 radical (unpaired) electrons. The van der Waals surface area contributed by atoms with Crippen molar-refractivity contribution in [2.45, 2.75) is 57.2 Å². The number of nitrogens with one attached hydrogen (secondary N) is 1. The van der Waals surface area contributed by atoms with Gasteiger partial charge in [-0.2, -0.15) is 4.31 Å². The van der Waals surface area contributed by atoms with E-state index >= 15 is 0 Å². The Kier molecular flexibility index (Phi) is 5.23. The van der Waals surface area contributed by atoms with E-state index in [2.05, 4.69) is 5.32 Å². The molecule has 1 aliphatic heterocycles. The summed E-state index contributed by atoms with van der Waals surface area (Å²) in [6.45, 7) is 5.83. The lowest BCUT2D eigenvalue weighted by Gasteiger charge is -2.17. The van der Waals surface area contributed by atoms with Gasteiger partial charge in [0.2, 0.25) is 5.09 Å². The molecule has 0 bridgehead atoms. The highest BCUT2D eigenvalue weighted by Crippen LogP contribution is 2.22. The molecule has 114 valence electrons. The Morgan fingerprint density at radius 2 is 1.85 bits per heavy atom. The van der Waals surface area contributed by atoms with Crippen molar-refractivity contribution in [1.29, 1.82) is 0 Å². The average molecular weight is 300 g/mol. The minimum Gasteiger partial charge on any atom is -0.447 e. The van der Waals surface area contributed by atoms with Gasteiger partial charge in [0.05, 0.1) is 6.54 Å². The zero-order valence-electron chi connectivity index (χ0n) is 12.3. The fourth-order valence-electron chi connectivity index (χ4n) is 2.31. The summed E-state index contributed by atoms with van der Waals surface area (Å²) in [5.74, 6) is 0.659. The molecule has 6 heteroatoms. The van der Waals surface area contributed by atoms with Crippen molar-refractivity contribution in [2.24, 2.45) is 0 Å². The van der Waals surface area contributed by atoms with Gasteiger partial charge >= 0.3 is 0 Å². The molecule has 0 spiro atoms. The maximum Gasteiger partial charge on any atom is 0.276 e. The van der Waals surface area contributed by atoms with Crippen LogP contribution in [0.5, 0.6) is 0 Å². The molecular weight excluding hydrogens is 276 g/mol. The lowest BCUT2D eigenvalue weighted by Crippen LogP contribution is -2.31. The minimum atomic E-state index is -3.46. The van der Waals surface area contributed by atoms with Crippen molar-refractivity contribution < 1.29 is 12.8 Å². The molecule has 5 nitrogen and oxygen atoms in total. The van der Waals surface area contributed by atoms with Crippen LogP contribution in [-0.4, -0.2) is 31.9 Å². The largest absolute Gasteiger partial charge is 0.447 e. The summed E-state index contributed by atoms with van der Waals surface area (Å²) in [7, 11) is -3.46. The molecule has 0 unspecified atom stereocenters. The third-order valence-electron chi connectivity index (χ3n) is 3.48. The van der Waals surface area contributed by atoms with Crippen molar-refractivity contribution in [3.8, 4) is 0 Å². The van der Waals surface area contributed by atoms with Crippen LogP contribution >= 0.6 is 0 Å². The van der Waals surface area contributed by atoms with Crippen LogP contribution in [0.25, 0.3) is 0 Å². The predicted octanol–water partition coefficient (Wildman–Crippen LogP) is 2.34. The Morgan fingerprint density at radius 3 is 2.45 bits per heavy atom. The Bertz CT molecular complexity index is 514. The molecule has 0 aliphatic carbocycles. The standard InChI is InChI=1S/C14H24N2O3S/c1-12(2)15-11-13-7-8-14(19-13)20(17,18)16-9-5-3-4-6-10-16/h7-8,12,15H,3-6,9-11H2,1-2H3. The first-order chi connectivity index (χ1) is 9.50. The molecule has 0 aromatic carbocycles. The molecule has 20 heavy (non-hydrogen) atoms. The average Bonchev–Trinajstić information content (AvgIpc) is 2.70. The van der Waals surface area contributed by atoms with E-state index in [-0.39, 0.29) is 5.09 Å². The first-order valence-corrected chi connectivity index (χ1v) is 8.76. The number of furan rings is 1. The normalized spacial score (nSPS) is 18.4. The monoisotopic (exact) mass is 300 g/mol. The second-order valence-corrected chi connectivity index (χ2v) is 7.44. The summed E-state index contributed by atoms with van der Waals surface area (Å²) < 4.78 is 32.1. The number of hydrogen-bond acceptors (Lipinski definition) is 4. The van der Waals surface area contributed by atoms with E-state index < -0.39 is 10.0 Å². The summed E-state index contributed by atoms with van der Waals surface area (Å²) in [5.41, 5.74) is 0. The van der Waals surface area contributed by atoms with Crippen LogP contribution in [0.4, 0.5) is 0 Å². The Hall–Kier alpha value is -0.850. The van der Waals surface area contributed by atoms with Gasteiger partial charge in [-0.25, -0.2) is 8.42 Å². The van der Waals surface area contributed by atoms with Gasteiger partial charge in [-0.1, -0.05) is 26.7 Å². The SMILES string of the molecule is CC(C)NCc1ccc(S(=O)(=O)N2CCCCCC2)o1. The smallest absolute Gasteiger partial charge is 0.276 e. The maximum atomic E-state index is 12.5. The highest BCUT2D eigenvalue weighted by Gasteiger charge is 2.28. The van der Waals surface area contributed by atoms with E-state index in [4.69, 9.17) is 4.42 Å². The fourth-order valence-corrected chi connectivity index (χ4v) is 3.75. The molecule has 1 N–H and O–H groups in total. The molecular formula is C14H24N2O3S. The van der Waals surface area contributed by atoms with Crippen LogP contribution in [0.2, 0.25) is 0 Å². The Morgan fingerprint density at radius 1 is 1.20 bits per heavy atom. The van der Waals surface area contributed by atoms with Crippen LogP contribution in [0.3, 0.4) is 0 Å². The zero-order valence-corrected chi connectivity index (χ0v) is 13.1. The summed E-state index contributed by atoms with van der Waals surface area (Å²) in [6, 6.07) is 3.64. The number of nitrogens with zero attached hydrogens (tertiary/aromatic N) is 1. The van der Waals surface area contributed by atoms with Crippen molar-refractivity contribution in [1.82, 2.24) is 9.62 Å². The Labute approximate surface area is 121 Å². The molecule has 1 aromatic rings. The van der Waals surface area contributed by atoms with Gasteiger partial charge in [-0.3, -0.25) is 0 Å². The van der Waals surface area contributed by atoms with Gasteiger partial charge in [0.1, 0.15) is 5.76 Å². The van der Waals surface area contributed by atoms with Crippen molar-refractivity contribution in [2.75, 3.05) is 13.1 Å². The van der Waals surface area contributed by atoms with Crippen LogP contribution < -0.4 is 5.32 Å². The van der Waals surface area contributed by atoms with E-state index in [1.807, 2.05) is 13.8 Å². The lowest BCUT2D eigenvalue weighted by molar-refractivity contribution is 0.364. The van der Waals surface area contributed by atoms with Crippen LogP contribution in [0, 0.1) is 0 Å². The first kappa shape index (κ1) is 15.5. The maximum absolute atomic E-state index is 12.5. The van der Waals surface area contributed by atoms with Crippen molar-refractivity contribution >= 4 is 10.0 Å². The van der Waals surface area contributed by atoms with Gasteiger partial charge in [0, 0.05) is 19.1 Å². The summed E-state index contributed by atoms with van der Waals surface area (Å²) in [6.07, 6.45) is 4.07. The summed E-state index contributed by atoms with van der Waals surface area (Å²) in [4.78, 5) is 0. The minimum absolute atomic E-state index is 0.0694. The second kappa shape index (κ2) is 6.74. The van der Waals surface area contributed by atoms with Crippen LogP contribution in [0.15, 0.2) is 21.6 Å².